The van der Waals surface area contributed by atoms with E-state index in [2.05, 4.69) is 16.8 Å². The molecule has 0 aromatic carbocycles. The van der Waals surface area contributed by atoms with Crippen LogP contribution in [0.25, 0.3) is 5.57 Å². The highest BCUT2D eigenvalue weighted by molar-refractivity contribution is 5.58. The van der Waals surface area contributed by atoms with Crippen molar-refractivity contribution in [2.45, 2.75) is 6.92 Å². The smallest absolute Gasteiger partial charge is 0.159 e. The zero-order chi connectivity index (χ0) is 8.27. The molecule has 0 fully saturated rings. The SMILES string of the molecule is C=C/C=C(\C)c1nncn1C. The molecule has 0 aliphatic carbocycles. The van der Waals surface area contributed by atoms with Gasteiger partial charge < -0.3 is 4.57 Å². The van der Waals surface area contributed by atoms with Gasteiger partial charge in [-0.05, 0) is 12.5 Å². The largest absolute Gasteiger partial charge is 0.317 e. The number of aryl methyl sites for hydroxylation is 1. The van der Waals surface area contributed by atoms with Gasteiger partial charge >= 0.3 is 0 Å². The second-order valence-electron chi connectivity index (χ2n) is 2.35. The van der Waals surface area contributed by atoms with Crippen LogP contribution in [0.15, 0.2) is 25.1 Å². The van der Waals surface area contributed by atoms with Gasteiger partial charge in [0.1, 0.15) is 6.33 Å². The molecule has 0 N–H and O–H groups in total. The maximum absolute atomic E-state index is 3.93. The van der Waals surface area contributed by atoms with E-state index >= 15 is 0 Å². The molecule has 0 radical (unpaired) electrons. The Balaban J connectivity index is 3.01. The van der Waals surface area contributed by atoms with Crippen molar-refractivity contribution >= 4 is 5.57 Å². The van der Waals surface area contributed by atoms with E-state index < -0.39 is 0 Å². The van der Waals surface area contributed by atoms with E-state index in [0.29, 0.717) is 0 Å². The van der Waals surface area contributed by atoms with Crippen molar-refractivity contribution < 1.29 is 0 Å². The monoisotopic (exact) mass is 149 g/mol. The summed E-state index contributed by atoms with van der Waals surface area (Å²) in [4.78, 5) is 0. The number of hydrogen-bond donors (Lipinski definition) is 0. The summed E-state index contributed by atoms with van der Waals surface area (Å²) >= 11 is 0. The average Bonchev–Trinajstić information content (AvgIpc) is 2.36. The first-order valence-electron chi connectivity index (χ1n) is 3.39. The molecule has 0 atom stereocenters. The van der Waals surface area contributed by atoms with Crippen LogP contribution >= 0.6 is 0 Å². The lowest BCUT2D eigenvalue weighted by molar-refractivity contribution is 0.888. The van der Waals surface area contributed by atoms with Crippen molar-refractivity contribution in [2.24, 2.45) is 7.05 Å². The Morgan fingerprint density at radius 1 is 1.73 bits per heavy atom. The highest BCUT2D eigenvalue weighted by Gasteiger charge is 1.99. The molecule has 0 saturated heterocycles. The summed E-state index contributed by atoms with van der Waals surface area (Å²) in [5, 5.41) is 7.69. The normalized spacial score (nSPS) is 11.6. The first kappa shape index (κ1) is 7.72. The van der Waals surface area contributed by atoms with Gasteiger partial charge in [-0.15, -0.1) is 10.2 Å². The molecule has 11 heavy (non-hydrogen) atoms. The average molecular weight is 149 g/mol. The summed E-state index contributed by atoms with van der Waals surface area (Å²) in [6.07, 6.45) is 5.32. The lowest BCUT2D eigenvalue weighted by Crippen LogP contribution is -1.93. The van der Waals surface area contributed by atoms with E-state index in [1.807, 2.05) is 24.6 Å². The van der Waals surface area contributed by atoms with Gasteiger partial charge in [0.05, 0.1) is 0 Å². The van der Waals surface area contributed by atoms with Gasteiger partial charge in [-0.25, -0.2) is 0 Å². The molecule has 0 saturated carbocycles. The van der Waals surface area contributed by atoms with E-state index in [4.69, 9.17) is 0 Å². The van der Waals surface area contributed by atoms with Crippen molar-refractivity contribution in [3.05, 3.63) is 30.9 Å². The van der Waals surface area contributed by atoms with Crippen molar-refractivity contribution in [3.8, 4) is 0 Å². The number of allylic oxidation sites excluding steroid dienone is 3. The molecular formula is C8H11N3. The summed E-state index contributed by atoms with van der Waals surface area (Å²) in [6.45, 7) is 5.58. The van der Waals surface area contributed by atoms with Crippen LogP contribution < -0.4 is 0 Å². The van der Waals surface area contributed by atoms with Crippen LogP contribution in [0.5, 0.6) is 0 Å². The Morgan fingerprint density at radius 2 is 2.45 bits per heavy atom. The molecule has 0 aliphatic rings. The van der Waals surface area contributed by atoms with Crippen molar-refractivity contribution in [2.75, 3.05) is 0 Å². The van der Waals surface area contributed by atoms with Crippen molar-refractivity contribution in [3.63, 3.8) is 0 Å². The van der Waals surface area contributed by atoms with Crippen molar-refractivity contribution in [1.29, 1.82) is 0 Å². The third kappa shape index (κ3) is 1.55. The highest BCUT2D eigenvalue weighted by Crippen LogP contribution is 2.07. The molecule has 58 valence electrons. The Kier molecular flexibility index (Phi) is 2.21. The molecule has 1 aromatic rings. The van der Waals surface area contributed by atoms with Gasteiger partial charge in [0.15, 0.2) is 5.82 Å². The lowest BCUT2D eigenvalue weighted by Gasteiger charge is -1.96. The van der Waals surface area contributed by atoms with Crippen LogP contribution in [0.3, 0.4) is 0 Å². The maximum atomic E-state index is 3.93. The highest BCUT2D eigenvalue weighted by atomic mass is 15.2. The minimum absolute atomic E-state index is 0.880. The maximum Gasteiger partial charge on any atom is 0.159 e. The fourth-order valence-electron chi connectivity index (χ4n) is 0.892. The molecule has 0 unspecified atom stereocenters. The van der Waals surface area contributed by atoms with Gasteiger partial charge in [-0.2, -0.15) is 0 Å². The summed E-state index contributed by atoms with van der Waals surface area (Å²) in [7, 11) is 1.91. The molecule has 0 bridgehead atoms. The third-order valence-electron chi connectivity index (χ3n) is 1.43. The molecule has 0 spiro atoms. The second-order valence-corrected chi connectivity index (χ2v) is 2.35. The number of aromatic nitrogens is 3. The standard InChI is InChI=1S/C8H11N3/c1-4-5-7(2)8-10-9-6-11(8)3/h4-6H,1H2,2-3H3/b7-5+. The summed E-state index contributed by atoms with van der Waals surface area (Å²) in [5.74, 6) is 0.880. The van der Waals surface area contributed by atoms with Gasteiger partial charge in [-0.3, -0.25) is 0 Å². The zero-order valence-electron chi connectivity index (χ0n) is 6.78. The van der Waals surface area contributed by atoms with Crippen LogP contribution in [0.4, 0.5) is 0 Å². The van der Waals surface area contributed by atoms with Crippen LogP contribution in [0, 0.1) is 0 Å². The van der Waals surface area contributed by atoms with Gasteiger partial charge in [0, 0.05) is 7.05 Å². The zero-order valence-corrected chi connectivity index (χ0v) is 6.78. The van der Waals surface area contributed by atoms with Crippen molar-refractivity contribution in [1.82, 2.24) is 14.8 Å². The first-order valence-corrected chi connectivity index (χ1v) is 3.39. The summed E-state index contributed by atoms with van der Waals surface area (Å²) in [5.41, 5.74) is 1.07. The third-order valence-corrected chi connectivity index (χ3v) is 1.43. The molecule has 3 heteroatoms. The Labute approximate surface area is 66.1 Å². The van der Waals surface area contributed by atoms with E-state index in [1.54, 1.807) is 12.4 Å². The fraction of sp³-hybridized carbons (Fsp3) is 0.250. The molecule has 0 amide bonds. The molecular weight excluding hydrogens is 138 g/mol. The number of nitrogens with zero attached hydrogens (tertiary/aromatic N) is 3. The van der Waals surface area contributed by atoms with E-state index in [1.165, 1.54) is 0 Å². The Bertz CT molecular complexity index is 283. The van der Waals surface area contributed by atoms with Crippen LogP contribution in [-0.4, -0.2) is 14.8 Å². The lowest BCUT2D eigenvalue weighted by atomic mass is 10.2. The Morgan fingerprint density at radius 3 is 2.91 bits per heavy atom. The fourth-order valence-corrected chi connectivity index (χ4v) is 0.892. The topological polar surface area (TPSA) is 30.7 Å². The second kappa shape index (κ2) is 3.14. The van der Waals surface area contributed by atoms with Gasteiger partial charge in [-0.1, -0.05) is 18.7 Å². The molecule has 0 aliphatic heterocycles. The minimum atomic E-state index is 0.880. The van der Waals surface area contributed by atoms with Gasteiger partial charge in [0.2, 0.25) is 0 Å². The first-order chi connectivity index (χ1) is 5.25. The van der Waals surface area contributed by atoms with E-state index in [-0.39, 0.29) is 0 Å². The van der Waals surface area contributed by atoms with E-state index in [9.17, 15) is 0 Å². The number of hydrogen-bond acceptors (Lipinski definition) is 2. The quantitative estimate of drug-likeness (QED) is 0.595. The van der Waals surface area contributed by atoms with E-state index in [0.717, 1.165) is 11.4 Å². The minimum Gasteiger partial charge on any atom is -0.317 e. The molecule has 3 nitrogen and oxygen atoms in total. The molecule has 1 aromatic heterocycles. The number of rotatable bonds is 2. The Hall–Kier alpha value is -1.38. The summed E-state index contributed by atoms with van der Waals surface area (Å²) < 4.78 is 1.87. The summed E-state index contributed by atoms with van der Waals surface area (Å²) in [6, 6.07) is 0. The molecule has 1 rings (SSSR count). The molecule has 1 heterocycles. The van der Waals surface area contributed by atoms with Crippen LogP contribution in [-0.2, 0) is 7.05 Å². The predicted octanol–water partition coefficient (Wildman–Crippen LogP) is 1.40. The van der Waals surface area contributed by atoms with Crippen LogP contribution in [0.1, 0.15) is 12.7 Å². The van der Waals surface area contributed by atoms with Crippen LogP contribution in [0.2, 0.25) is 0 Å². The predicted molar refractivity (Wildman–Crippen MR) is 44.9 cm³/mol. The van der Waals surface area contributed by atoms with Gasteiger partial charge in [0.25, 0.3) is 0 Å².